The van der Waals surface area contributed by atoms with Gasteiger partial charge >= 0.3 is 5.97 Å². The van der Waals surface area contributed by atoms with Gasteiger partial charge in [0.15, 0.2) is 9.84 Å². The predicted octanol–water partition coefficient (Wildman–Crippen LogP) is 1.72. The van der Waals surface area contributed by atoms with Gasteiger partial charge < -0.3 is 9.84 Å². The summed E-state index contributed by atoms with van der Waals surface area (Å²) in [5.41, 5.74) is 0. The number of benzene rings is 1. The smallest absolute Gasteiger partial charge is 0.303 e. The Hall–Kier alpha value is -1.56. The van der Waals surface area contributed by atoms with Crippen molar-refractivity contribution < 1.29 is 23.1 Å². The monoisotopic (exact) mass is 272 g/mol. The van der Waals surface area contributed by atoms with Crippen molar-refractivity contribution in [2.45, 2.75) is 24.2 Å². The number of rotatable bonds is 7. The summed E-state index contributed by atoms with van der Waals surface area (Å²) in [5, 5.41) is 8.45. The molecule has 5 nitrogen and oxygen atoms in total. The van der Waals surface area contributed by atoms with Crippen molar-refractivity contribution >= 4 is 15.8 Å². The van der Waals surface area contributed by atoms with E-state index in [1.54, 1.807) is 12.1 Å². The van der Waals surface area contributed by atoms with Crippen LogP contribution in [0.15, 0.2) is 29.2 Å². The number of unbranched alkanes of at least 4 members (excludes halogenated alkanes) is 1. The molecule has 18 heavy (non-hydrogen) atoms. The van der Waals surface area contributed by atoms with Crippen LogP contribution in [0.3, 0.4) is 0 Å². The van der Waals surface area contributed by atoms with Crippen LogP contribution >= 0.6 is 0 Å². The van der Waals surface area contributed by atoms with Crippen LogP contribution in [0, 0.1) is 0 Å². The molecule has 0 spiro atoms. The molecule has 0 aromatic heterocycles. The summed E-state index contributed by atoms with van der Waals surface area (Å²) in [6, 6.07) is 6.16. The minimum absolute atomic E-state index is 0.00185. The van der Waals surface area contributed by atoms with Gasteiger partial charge in [0.05, 0.1) is 17.8 Å². The van der Waals surface area contributed by atoms with Gasteiger partial charge in [-0.15, -0.1) is 0 Å². The van der Waals surface area contributed by atoms with Crippen LogP contribution in [-0.2, 0) is 14.6 Å². The zero-order chi connectivity index (χ0) is 13.6. The third-order valence-corrected chi connectivity index (χ3v) is 4.29. The van der Waals surface area contributed by atoms with Crippen LogP contribution in [0.1, 0.15) is 19.3 Å². The van der Waals surface area contributed by atoms with Gasteiger partial charge in [0, 0.05) is 6.42 Å². The first-order valence-electron chi connectivity index (χ1n) is 5.54. The number of ether oxygens (including phenoxy) is 1. The second-order valence-electron chi connectivity index (χ2n) is 3.85. The molecule has 0 aliphatic carbocycles. The number of carboxylic acid groups (broad SMARTS) is 1. The molecule has 0 heterocycles. The average molecular weight is 272 g/mol. The maximum atomic E-state index is 11.9. The molecule has 1 N–H and O–H groups in total. The molecule has 0 radical (unpaired) electrons. The molecule has 1 aromatic rings. The van der Waals surface area contributed by atoms with Crippen LogP contribution in [0.5, 0.6) is 5.75 Å². The van der Waals surface area contributed by atoms with E-state index >= 15 is 0 Å². The fourth-order valence-corrected chi connectivity index (χ4v) is 2.84. The van der Waals surface area contributed by atoms with Crippen LogP contribution in [0.25, 0.3) is 0 Å². The number of carbonyl (C=O) groups is 1. The Morgan fingerprint density at radius 3 is 2.33 bits per heavy atom. The van der Waals surface area contributed by atoms with Crippen molar-refractivity contribution in [2.75, 3.05) is 12.9 Å². The predicted molar refractivity (Wildman–Crippen MR) is 66.5 cm³/mol. The Morgan fingerprint density at radius 2 is 1.83 bits per heavy atom. The number of carboxylic acids is 1. The van der Waals surface area contributed by atoms with Crippen molar-refractivity contribution in [1.29, 1.82) is 0 Å². The largest absolute Gasteiger partial charge is 0.497 e. The number of hydrogen-bond donors (Lipinski definition) is 1. The summed E-state index contributed by atoms with van der Waals surface area (Å²) >= 11 is 0. The zero-order valence-corrected chi connectivity index (χ0v) is 10.9. The normalized spacial score (nSPS) is 11.2. The molecular formula is C12H16O5S. The molecule has 0 saturated heterocycles. The zero-order valence-electron chi connectivity index (χ0n) is 10.1. The van der Waals surface area contributed by atoms with Gasteiger partial charge in [-0.3, -0.25) is 4.79 Å². The first-order chi connectivity index (χ1) is 8.45. The van der Waals surface area contributed by atoms with Crippen molar-refractivity contribution in [3.05, 3.63) is 24.3 Å². The highest BCUT2D eigenvalue weighted by atomic mass is 32.2. The van der Waals surface area contributed by atoms with Gasteiger partial charge in [0.2, 0.25) is 0 Å². The molecule has 1 rings (SSSR count). The molecule has 0 aliphatic rings. The van der Waals surface area contributed by atoms with Crippen molar-refractivity contribution in [2.24, 2.45) is 0 Å². The highest BCUT2D eigenvalue weighted by Crippen LogP contribution is 2.17. The lowest BCUT2D eigenvalue weighted by molar-refractivity contribution is -0.137. The molecule has 0 bridgehead atoms. The van der Waals surface area contributed by atoms with Crippen molar-refractivity contribution in [1.82, 2.24) is 0 Å². The standard InChI is InChI=1S/C12H16O5S/c1-17-10-5-7-11(8-6-10)18(15,16)9-3-2-4-12(13)14/h5-8H,2-4,9H2,1H3,(H,13,14). The van der Waals surface area contributed by atoms with Crippen molar-refractivity contribution in [3.63, 3.8) is 0 Å². The number of methoxy groups -OCH3 is 1. The highest BCUT2D eigenvalue weighted by molar-refractivity contribution is 7.91. The van der Waals surface area contributed by atoms with E-state index in [1.807, 2.05) is 0 Å². The topological polar surface area (TPSA) is 80.7 Å². The molecule has 0 unspecified atom stereocenters. The van der Waals surface area contributed by atoms with E-state index in [2.05, 4.69) is 0 Å². The minimum Gasteiger partial charge on any atom is -0.497 e. The Kier molecular flexibility index (Phi) is 5.15. The first-order valence-corrected chi connectivity index (χ1v) is 7.19. The lowest BCUT2D eigenvalue weighted by atomic mass is 10.2. The molecule has 100 valence electrons. The molecule has 1 aromatic carbocycles. The van der Waals surface area contributed by atoms with E-state index < -0.39 is 15.8 Å². The Bertz CT molecular complexity index is 490. The van der Waals surface area contributed by atoms with E-state index in [0.717, 1.165) is 0 Å². The van der Waals surface area contributed by atoms with Gasteiger partial charge in [-0.1, -0.05) is 0 Å². The fourth-order valence-electron chi connectivity index (χ4n) is 1.47. The maximum Gasteiger partial charge on any atom is 0.303 e. The molecular weight excluding hydrogens is 256 g/mol. The van der Waals surface area contributed by atoms with Gasteiger partial charge in [0.1, 0.15) is 5.75 Å². The highest BCUT2D eigenvalue weighted by Gasteiger charge is 2.14. The van der Waals surface area contributed by atoms with E-state index in [0.29, 0.717) is 18.6 Å². The fraction of sp³-hybridized carbons (Fsp3) is 0.417. The van der Waals surface area contributed by atoms with E-state index in [-0.39, 0.29) is 17.1 Å². The summed E-state index contributed by atoms with van der Waals surface area (Å²) in [6.07, 6.45) is 0.712. The molecule has 6 heteroatoms. The van der Waals surface area contributed by atoms with Gasteiger partial charge in [0.25, 0.3) is 0 Å². The second-order valence-corrected chi connectivity index (χ2v) is 5.95. The number of sulfone groups is 1. The molecule has 0 saturated carbocycles. The summed E-state index contributed by atoms with van der Waals surface area (Å²) in [6.45, 7) is 0. The molecule has 0 atom stereocenters. The van der Waals surface area contributed by atoms with Crippen LogP contribution in [0.2, 0.25) is 0 Å². The summed E-state index contributed by atoms with van der Waals surface area (Å²) in [5.74, 6) is -0.344. The quantitative estimate of drug-likeness (QED) is 0.764. The van der Waals surface area contributed by atoms with Gasteiger partial charge in [-0.2, -0.15) is 0 Å². The third-order valence-electron chi connectivity index (χ3n) is 2.47. The lowest BCUT2D eigenvalue weighted by Crippen LogP contribution is -2.07. The lowest BCUT2D eigenvalue weighted by Gasteiger charge is -2.05. The summed E-state index contributed by atoms with van der Waals surface area (Å²) < 4.78 is 28.7. The van der Waals surface area contributed by atoms with Crippen molar-refractivity contribution in [3.8, 4) is 5.75 Å². The van der Waals surface area contributed by atoms with E-state index in [4.69, 9.17) is 9.84 Å². The SMILES string of the molecule is COc1ccc(S(=O)(=O)CCCCC(=O)O)cc1. The van der Waals surface area contributed by atoms with Crippen LogP contribution in [-0.4, -0.2) is 32.4 Å². The van der Waals surface area contributed by atoms with Gasteiger partial charge in [-0.05, 0) is 37.1 Å². The molecule has 0 aliphatic heterocycles. The summed E-state index contributed by atoms with van der Waals surface area (Å²) in [7, 11) is -1.82. The number of aliphatic carboxylic acids is 1. The molecule has 0 fully saturated rings. The third kappa shape index (κ3) is 4.37. The Balaban J connectivity index is 2.59. The maximum absolute atomic E-state index is 11.9. The van der Waals surface area contributed by atoms with E-state index in [9.17, 15) is 13.2 Å². The van der Waals surface area contributed by atoms with Gasteiger partial charge in [-0.25, -0.2) is 8.42 Å². The average Bonchev–Trinajstić information content (AvgIpc) is 2.34. The van der Waals surface area contributed by atoms with E-state index in [1.165, 1.54) is 19.2 Å². The number of hydrogen-bond acceptors (Lipinski definition) is 4. The Labute approximate surface area is 106 Å². The summed E-state index contributed by atoms with van der Waals surface area (Å²) in [4.78, 5) is 10.5. The molecule has 0 amide bonds. The van der Waals surface area contributed by atoms with Crippen LogP contribution in [0.4, 0.5) is 0 Å². The first kappa shape index (κ1) is 14.5. The second kappa shape index (κ2) is 6.39. The minimum atomic E-state index is -3.33. The Morgan fingerprint density at radius 1 is 1.22 bits per heavy atom. The van der Waals surface area contributed by atoms with Crippen LogP contribution < -0.4 is 4.74 Å².